The topological polar surface area (TPSA) is 63.6 Å². The van der Waals surface area contributed by atoms with Crippen molar-refractivity contribution in [2.24, 2.45) is 0 Å². The third-order valence-electron chi connectivity index (χ3n) is 3.29. The molecule has 0 aliphatic heterocycles. The molecule has 0 spiro atoms. The second kappa shape index (κ2) is 6.22. The Morgan fingerprint density at radius 2 is 1.81 bits per heavy atom. The zero-order valence-corrected chi connectivity index (χ0v) is 11.9. The molecule has 0 saturated heterocycles. The normalized spacial score (nSPS) is 10.2. The third-order valence-corrected chi connectivity index (χ3v) is 3.29. The van der Waals surface area contributed by atoms with Crippen LogP contribution in [0.1, 0.15) is 27.0 Å². The van der Waals surface area contributed by atoms with Crippen molar-refractivity contribution in [1.29, 1.82) is 0 Å². The second-order valence-corrected chi connectivity index (χ2v) is 4.74. The van der Waals surface area contributed by atoms with Gasteiger partial charge in [-0.15, -0.1) is 0 Å². The first-order valence-corrected chi connectivity index (χ1v) is 6.52. The summed E-state index contributed by atoms with van der Waals surface area (Å²) in [7, 11) is 1.51. The zero-order valence-electron chi connectivity index (χ0n) is 11.9. The summed E-state index contributed by atoms with van der Waals surface area (Å²) in [5.74, 6) is -0.636. The number of methoxy groups -OCH3 is 1. The molecular weight excluding hydrogens is 268 g/mol. The highest BCUT2D eigenvalue weighted by molar-refractivity contribution is 6.11. The minimum absolute atomic E-state index is 0.191. The molecule has 0 bridgehead atoms. The highest BCUT2D eigenvalue weighted by Gasteiger charge is 2.17. The van der Waals surface area contributed by atoms with E-state index in [9.17, 15) is 9.59 Å². The number of aryl methyl sites for hydroxylation is 1. The maximum atomic E-state index is 12.7. The van der Waals surface area contributed by atoms with E-state index in [0.717, 1.165) is 5.56 Å². The number of carboxylic acid groups (broad SMARTS) is 1. The molecule has 2 aromatic rings. The molecule has 1 N–H and O–H groups in total. The third kappa shape index (κ3) is 3.28. The number of carbonyl (C=O) groups is 2. The number of aliphatic carboxylic acids is 1. The monoisotopic (exact) mass is 284 g/mol. The number of carbonyl (C=O) groups excluding carboxylic acids is 1. The predicted octanol–water partition coefficient (Wildman–Crippen LogP) is 2.86. The van der Waals surface area contributed by atoms with E-state index < -0.39 is 5.97 Å². The molecule has 0 aliphatic carbocycles. The van der Waals surface area contributed by atoms with E-state index in [0.29, 0.717) is 22.4 Å². The Kier molecular flexibility index (Phi) is 4.38. The molecule has 0 heterocycles. The smallest absolute Gasteiger partial charge is 0.307 e. The Bertz CT molecular complexity index is 689. The molecule has 4 nitrogen and oxygen atoms in total. The van der Waals surface area contributed by atoms with Gasteiger partial charge in [0.15, 0.2) is 5.78 Å². The van der Waals surface area contributed by atoms with Crippen LogP contribution in [0.15, 0.2) is 42.5 Å². The van der Waals surface area contributed by atoms with Crippen LogP contribution >= 0.6 is 0 Å². The lowest BCUT2D eigenvalue weighted by Gasteiger charge is -2.11. The number of rotatable bonds is 5. The number of benzene rings is 2. The van der Waals surface area contributed by atoms with Gasteiger partial charge in [0, 0.05) is 11.1 Å². The van der Waals surface area contributed by atoms with E-state index in [1.165, 1.54) is 7.11 Å². The van der Waals surface area contributed by atoms with Gasteiger partial charge in [-0.25, -0.2) is 0 Å². The van der Waals surface area contributed by atoms with Gasteiger partial charge in [0.25, 0.3) is 0 Å². The van der Waals surface area contributed by atoms with E-state index in [-0.39, 0.29) is 12.2 Å². The number of carboxylic acids is 1. The molecule has 0 amide bonds. The largest absolute Gasteiger partial charge is 0.497 e. The zero-order chi connectivity index (χ0) is 15.4. The minimum Gasteiger partial charge on any atom is -0.497 e. The van der Waals surface area contributed by atoms with Crippen LogP contribution in [-0.2, 0) is 11.2 Å². The summed E-state index contributed by atoms with van der Waals surface area (Å²) in [5, 5.41) is 8.98. The molecule has 108 valence electrons. The van der Waals surface area contributed by atoms with Crippen LogP contribution < -0.4 is 4.74 Å². The molecule has 0 atom stereocenters. The van der Waals surface area contributed by atoms with Crippen molar-refractivity contribution in [1.82, 2.24) is 0 Å². The summed E-state index contributed by atoms with van der Waals surface area (Å²) in [6, 6.07) is 12.1. The van der Waals surface area contributed by atoms with Gasteiger partial charge in [0.1, 0.15) is 5.75 Å². The molecular formula is C17H16O4. The fourth-order valence-corrected chi connectivity index (χ4v) is 2.18. The van der Waals surface area contributed by atoms with Crippen molar-refractivity contribution in [3.05, 3.63) is 64.7 Å². The van der Waals surface area contributed by atoms with Crippen LogP contribution in [0.3, 0.4) is 0 Å². The first-order chi connectivity index (χ1) is 10.0. The molecule has 0 unspecified atom stereocenters. The van der Waals surface area contributed by atoms with Crippen molar-refractivity contribution in [2.75, 3.05) is 7.11 Å². The van der Waals surface area contributed by atoms with E-state index >= 15 is 0 Å². The Hall–Kier alpha value is -2.62. The maximum absolute atomic E-state index is 12.7. The molecule has 0 saturated carbocycles. The molecule has 21 heavy (non-hydrogen) atoms. The second-order valence-electron chi connectivity index (χ2n) is 4.74. The van der Waals surface area contributed by atoms with Crippen LogP contribution in [0, 0.1) is 6.92 Å². The number of hydrogen-bond acceptors (Lipinski definition) is 3. The van der Waals surface area contributed by atoms with Gasteiger partial charge in [0.05, 0.1) is 13.5 Å². The van der Waals surface area contributed by atoms with Gasteiger partial charge in [-0.1, -0.05) is 30.3 Å². The summed E-state index contributed by atoms with van der Waals surface area (Å²) in [4.78, 5) is 23.6. The van der Waals surface area contributed by atoms with Crippen molar-refractivity contribution in [3.8, 4) is 5.75 Å². The van der Waals surface area contributed by atoms with Crippen LogP contribution in [-0.4, -0.2) is 24.0 Å². The summed E-state index contributed by atoms with van der Waals surface area (Å²) < 4.78 is 5.13. The highest BCUT2D eigenvalue weighted by Crippen LogP contribution is 2.22. The maximum Gasteiger partial charge on any atom is 0.307 e. The van der Waals surface area contributed by atoms with E-state index in [2.05, 4.69) is 0 Å². The lowest BCUT2D eigenvalue weighted by Crippen LogP contribution is -2.10. The van der Waals surface area contributed by atoms with Crippen LogP contribution in [0.4, 0.5) is 0 Å². The quantitative estimate of drug-likeness (QED) is 0.857. The number of ketones is 1. The lowest BCUT2D eigenvalue weighted by atomic mass is 9.94. The summed E-state index contributed by atoms with van der Waals surface area (Å²) >= 11 is 0. The average Bonchev–Trinajstić information content (AvgIpc) is 2.47. The van der Waals surface area contributed by atoms with Crippen LogP contribution in [0.5, 0.6) is 5.75 Å². The van der Waals surface area contributed by atoms with Gasteiger partial charge < -0.3 is 9.84 Å². The SMILES string of the molecule is COc1ccc(CC(=O)O)c(C(=O)c2ccccc2C)c1. The molecule has 4 heteroatoms. The van der Waals surface area contributed by atoms with Gasteiger partial charge >= 0.3 is 5.97 Å². The molecule has 0 fully saturated rings. The summed E-state index contributed by atoms with van der Waals surface area (Å²) in [6.07, 6.45) is -0.197. The van der Waals surface area contributed by atoms with E-state index in [4.69, 9.17) is 9.84 Å². The summed E-state index contributed by atoms with van der Waals surface area (Å²) in [6.45, 7) is 1.85. The fourth-order valence-electron chi connectivity index (χ4n) is 2.18. The van der Waals surface area contributed by atoms with Gasteiger partial charge in [-0.3, -0.25) is 9.59 Å². The first kappa shape index (κ1) is 14.8. The highest BCUT2D eigenvalue weighted by atomic mass is 16.5. The first-order valence-electron chi connectivity index (χ1n) is 6.52. The van der Waals surface area contributed by atoms with Gasteiger partial charge in [-0.05, 0) is 30.2 Å². The number of hydrogen-bond donors (Lipinski definition) is 1. The Balaban J connectivity index is 2.52. The molecule has 0 radical (unpaired) electrons. The minimum atomic E-state index is -0.973. The molecule has 2 rings (SSSR count). The Labute approximate surface area is 123 Å². The number of ether oxygens (including phenoxy) is 1. The molecule has 0 aromatic heterocycles. The Morgan fingerprint density at radius 3 is 2.43 bits per heavy atom. The summed E-state index contributed by atoms with van der Waals surface area (Å²) in [5.41, 5.74) is 2.27. The fraction of sp³-hybridized carbons (Fsp3) is 0.176. The molecule has 0 aliphatic rings. The van der Waals surface area contributed by atoms with Crippen molar-refractivity contribution >= 4 is 11.8 Å². The van der Waals surface area contributed by atoms with Crippen molar-refractivity contribution < 1.29 is 19.4 Å². The predicted molar refractivity (Wildman–Crippen MR) is 78.9 cm³/mol. The van der Waals surface area contributed by atoms with E-state index in [1.807, 2.05) is 19.1 Å². The van der Waals surface area contributed by atoms with E-state index in [1.54, 1.807) is 30.3 Å². The van der Waals surface area contributed by atoms with Crippen molar-refractivity contribution in [2.45, 2.75) is 13.3 Å². The van der Waals surface area contributed by atoms with Gasteiger partial charge in [0.2, 0.25) is 0 Å². The molecule has 2 aromatic carbocycles. The van der Waals surface area contributed by atoms with Crippen LogP contribution in [0.25, 0.3) is 0 Å². The Morgan fingerprint density at radius 1 is 1.10 bits per heavy atom. The van der Waals surface area contributed by atoms with Crippen molar-refractivity contribution in [3.63, 3.8) is 0 Å². The average molecular weight is 284 g/mol. The standard InChI is InChI=1S/C17H16O4/c1-11-5-3-4-6-14(11)17(20)15-10-13(21-2)8-7-12(15)9-16(18)19/h3-8,10H,9H2,1-2H3,(H,18,19). The van der Waals surface area contributed by atoms with Gasteiger partial charge in [-0.2, -0.15) is 0 Å². The lowest BCUT2D eigenvalue weighted by molar-refractivity contribution is -0.136. The van der Waals surface area contributed by atoms with Crippen LogP contribution in [0.2, 0.25) is 0 Å².